The van der Waals surface area contributed by atoms with Crippen molar-refractivity contribution in [1.29, 1.82) is 0 Å². The van der Waals surface area contributed by atoms with E-state index >= 15 is 0 Å². The van der Waals surface area contributed by atoms with E-state index in [0.29, 0.717) is 23.2 Å². The summed E-state index contributed by atoms with van der Waals surface area (Å²) in [6, 6.07) is 25.1. The van der Waals surface area contributed by atoms with Crippen LogP contribution in [-0.2, 0) is 11.3 Å². The van der Waals surface area contributed by atoms with Crippen molar-refractivity contribution >= 4 is 29.6 Å². The molecule has 0 unspecified atom stereocenters. The maximum absolute atomic E-state index is 12.4. The number of benzene rings is 3. The van der Waals surface area contributed by atoms with Crippen LogP contribution < -0.4 is 20.2 Å². The monoisotopic (exact) mass is 502 g/mol. The third kappa shape index (κ3) is 6.42. The highest BCUT2D eigenvalue weighted by Gasteiger charge is 2.15. The van der Waals surface area contributed by atoms with E-state index in [1.54, 1.807) is 32.6 Å². The van der Waals surface area contributed by atoms with Crippen molar-refractivity contribution in [3.05, 3.63) is 90.3 Å². The van der Waals surface area contributed by atoms with Gasteiger partial charge in [-0.15, -0.1) is 10.2 Å². The highest BCUT2D eigenvalue weighted by Crippen LogP contribution is 2.27. The number of nitrogens with one attached hydrogen (secondary N) is 2. The summed E-state index contributed by atoms with van der Waals surface area (Å²) < 4.78 is 12.5. The first-order valence-corrected chi connectivity index (χ1v) is 12.1. The second kappa shape index (κ2) is 12.4. The van der Waals surface area contributed by atoms with Crippen LogP contribution >= 0.6 is 11.8 Å². The predicted molar refractivity (Wildman–Crippen MR) is 141 cm³/mol. The molecule has 4 aromatic rings. The third-order valence-electron chi connectivity index (χ3n) is 5.08. The van der Waals surface area contributed by atoms with Crippen LogP contribution in [0.25, 0.3) is 5.69 Å². The van der Waals surface area contributed by atoms with E-state index in [1.165, 1.54) is 11.8 Å². The number of aromatic nitrogens is 3. The van der Waals surface area contributed by atoms with Crippen LogP contribution in [0, 0.1) is 0 Å². The second-order valence-corrected chi connectivity index (χ2v) is 8.43. The van der Waals surface area contributed by atoms with Crippen molar-refractivity contribution in [2.24, 2.45) is 5.10 Å². The average molecular weight is 503 g/mol. The number of anilines is 1. The lowest BCUT2D eigenvalue weighted by molar-refractivity contribution is -0.118. The van der Waals surface area contributed by atoms with Gasteiger partial charge < -0.3 is 14.8 Å². The molecule has 1 amide bonds. The van der Waals surface area contributed by atoms with Crippen LogP contribution in [0.4, 0.5) is 5.69 Å². The number of hydrogen-bond acceptors (Lipinski definition) is 8. The Balaban J connectivity index is 1.40. The van der Waals surface area contributed by atoms with Crippen molar-refractivity contribution in [3.63, 3.8) is 0 Å². The Bertz CT molecular complexity index is 1310. The quantitative estimate of drug-likeness (QED) is 0.181. The van der Waals surface area contributed by atoms with Gasteiger partial charge in [-0.1, -0.05) is 48.2 Å². The van der Waals surface area contributed by atoms with Crippen LogP contribution in [0.3, 0.4) is 0 Å². The van der Waals surface area contributed by atoms with Crippen molar-refractivity contribution in [2.45, 2.75) is 11.7 Å². The first-order chi connectivity index (χ1) is 17.7. The molecular weight excluding hydrogens is 476 g/mol. The fourth-order valence-corrected chi connectivity index (χ4v) is 4.12. The summed E-state index contributed by atoms with van der Waals surface area (Å²) in [6.07, 6.45) is 1.55. The summed E-state index contributed by atoms with van der Waals surface area (Å²) in [7, 11) is 3.14. The van der Waals surface area contributed by atoms with E-state index in [-0.39, 0.29) is 11.7 Å². The molecule has 0 spiro atoms. The molecule has 0 aliphatic rings. The van der Waals surface area contributed by atoms with Crippen molar-refractivity contribution in [3.8, 4) is 17.2 Å². The summed E-state index contributed by atoms with van der Waals surface area (Å²) >= 11 is 1.29. The molecule has 0 fully saturated rings. The molecule has 10 heteroatoms. The van der Waals surface area contributed by atoms with Crippen LogP contribution in [-0.4, -0.2) is 46.9 Å². The number of carbonyl (C=O) groups excluding carboxylic acids is 1. The van der Waals surface area contributed by atoms with Crippen molar-refractivity contribution < 1.29 is 14.3 Å². The molecule has 0 radical (unpaired) electrons. The molecule has 0 aliphatic carbocycles. The van der Waals surface area contributed by atoms with Crippen LogP contribution in [0.15, 0.2) is 89.1 Å². The largest absolute Gasteiger partial charge is 0.493 e. The molecule has 1 aromatic heterocycles. The van der Waals surface area contributed by atoms with Gasteiger partial charge in [0, 0.05) is 11.4 Å². The van der Waals surface area contributed by atoms with Gasteiger partial charge in [0.05, 0.1) is 32.7 Å². The molecule has 4 rings (SSSR count). The van der Waals surface area contributed by atoms with E-state index in [0.717, 1.165) is 22.8 Å². The van der Waals surface area contributed by atoms with Gasteiger partial charge in [-0.25, -0.2) is 5.43 Å². The maximum Gasteiger partial charge on any atom is 0.250 e. The number of methoxy groups -OCH3 is 2. The summed E-state index contributed by atoms with van der Waals surface area (Å²) in [5.74, 6) is 1.81. The highest BCUT2D eigenvalue weighted by molar-refractivity contribution is 7.99. The molecule has 36 heavy (non-hydrogen) atoms. The predicted octanol–water partition coefficient (Wildman–Crippen LogP) is 4.14. The van der Waals surface area contributed by atoms with E-state index < -0.39 is 0 Å². The third-order valence-corrected chi connectivity index (χ3v) is 6.01. The zero-order valence-corrected chi connectivity index (χ0v) is 20.7. The van der Waals surface area contributed by atoms with Gasteiger partial charge in [0.15, 0.2) is 22.5 Å². The lowest BCUT2D eigenvalue weighted by Crippen LogP contribution is -2.20. The summed E-state index contributed by atoms with van der Waals surface area (Å²) in [6.45, 7) is 0.480. The standard InChI is InChI=1S/C26H26N6O3S/c1-34-22-14-13-19(15-23(22)35-2)16-28-30-25(33)18-36-26-31-29-24(17-27-20-9-5-3-6-10-20)32(26)21-11-7-4-8-12-21/h3-16,27H,17-18H2,1-2H3,(H,30,33)/b28-16-. The number of rotatable bonds is 11. The molecular formula is C26H26N6O3S. The first kappa shape index (κ1) is 24.8. The molecule has 184 valence electrons. The van der Waals surface area contributed by atoms with Gasteiger partial charge in [0.1, 0.15) is 0 Å². The Morgan fingerprint density at radius 1 is 0.972 bits per heavy atom. The normalized spacial score (nSPS) is 10.8. The Morgan fingerprint density at radius 2 is 1.69 bits per heavy atom. The van der Waals surface area contributed by atoms with Gasteiger partial charge in [0.2, 0.25) is 0 Å². The van der Waals surface area contributed by atoms with E-state index in [1.807, 2.05) is 71.3 Å². The van der Waals surface area contributed by atoms with Gasteiger partial charge in [-0.05, 0) is 48.0 Å². The number of para-hydroxylation sites is 2. The molecule has 1 heterocycles. The molecule has 0 saturated carbocycles. The van der Waals surface area contributed by atoms with E-state index in [4.69, 9.17) is 9.47 Å². The maximum atomic E-state index is 12.4. The van der Waals surface area contributed by atoms with Gasteiger partial charge >= 0.3 is 0 Å². The molecule has 0 saturated heterocycles. The van der Waals surface area contributed by atoms with Gasteiger partial charge in [0.25, 0.3) is 5.91 Å². The average Bonchev–Trinajstić information content (AvgIpc) is 3.34. The lowest BCUT2D eigenvalue weighted by atomic mass is 10.2. The van der Waals surface area contributed by atoms with Crippen LogP contribution in [0.5, 0.6) is 11.5 Å². The molecule has 0 atom stereocenters. The number of hydrogen-bond donors (Lipinski definition) is 2. The molecule has 0 aliphatic heterocycles. The van der Waals surface area contributed by atoms with E-state index in [2.05, 4.69) is 26.0 Å². The first-order valence-electron chi connectivity index (χ1n) is 11.1. The van der Waals surface area contributed by atoms with Gasteiger partial charge in [-0.2, -0.15) is 5.10 Å². The number of carbonyl (C=O) groups is 1. The topological polar surface area (TPSA) is 103 Å². The SMILES string of the molecule is COc1ccc(/C=N\NC(=O)CSc2nnc(CNc3ccccc3)n2-c2ccccc2)cc1OC. The smallest absolute Gasteiger partial charge is 0.250 e. The number of thioether (sulfide) groups is 1. The zero-order valence-electron chi connectivity index (χ0n) is 19.9. The number of amides is 1. The molecule has 2 N–H and O–H groups in total. The highest BCUT2D eigenvalue weighted by atomic mass is 32.2. The van der Waals surface area contributed by atoms with Crippen LogP contribution in [0.2, 0.25) is 0 Å². The minimum Gasteiger partial charge on any atom is -0.493 e. The Labute approximate surface area is 213 Å². The summed E-state index contributed by atoms with van der Waals surface area (Å²) in [4.78, 5) is 12.4. The molecule has 0 bridgehead atoms. The molecule has 3 aromatic carbocycles. The van der Waals surface area contributed by atoms with Crippen LogP contribution in [0.1, 0.15) is 11.4 Å². The van der Waals surface area contributed by atoms with E-state index in [9.17, 15) is 4.79 Å². The second-order valence-electron chi connectivity index (χ2n) is 7.49. The lowest BCUT2D eigenvalue weighted by Gasteiger charge is -2.11. The fourth-order valence-electron chi connectivity index (χ4n) is 3.36. The molecule has 9 nitrogen and oxygen atoms in total. The number of hydrazone groups is 1. The Hall–Kier alpha value is -4.31. The minimum absolute atomic E-state index is 0.125. The van der Waals surface area contributed by atoms with Crippen molar-refractivity contribution in [2.75, 3.05) is 25.3 Å². The number of nitrogens with zero attached hydrogens (tertiary/aromatic N) is 4. The Morgan fingerprint density at radius 3 is 2.42 bits per heavy atom. The summed E-state index contributed by atoms with van der Waals surface area (Å²) in [5, 5.41) is 16.7. The number of ether oxygens (including phenoxy) is 2. The Kier molecular flexibility index (Phi) is 8.55. The zero-order chi connectivity index (χ0) is 25.2. The minimum atomic E-state index is -0.261. The fraction of sp³-hybridized carbons (Fsp3) is 0.154. The summed E-state index contributed by atoms with van der Waals surface area (Å²) in [5.41, 5.74) is 5.22. The van der Waals surface area contributed by atoms with Gasteiger partial charge in [-0.3, -0.25) is 9.36 Å². The van der Waals surface area contributed by atoms with Crippen molar-refractivity contribution in [1.82, 2.24) is 20.2 Å².